The Morgan fingerprint density at radius 1 is 1.60 bits per heavy atom. The first-order valence-electron chi connectivity index (χ1n) is 7.10. The van der Waals surface area contributed by atoms with Gasteiger partial charge in [0.15, 0.2) is 0 Å². The lowest BCUT2D eigenvalue weighted by atomic mass is 9.90. The van der Waals surface area contributed by atoms with Gasteiger partial charge in [-0.2, -0.15) is 5.26 Å². The van der Waals surface area contributed by atoms with Gasteiger partial charge in [-0.15, -0.1) is 0 Å². The third kappa shape index (κ3) is 5.08. The van der Waals surface area contributed by atoms with E-state index in [1.54, 1.807) is 6.92 Å². The monoisotopic (exact) mass is 282 g/mol. The van der Waals surface area contributed by atoms with Crippen molar-refractivity contribution in [2.45, 2.75) is 32.4 Å². The van der Waals surface area contributed by atoms with Crippen LogP contribution in [-0.2, 0) is 9.53 Å². The van der Waals surface area contributed by atoms with Gasteiger partial charge in [0, 0.05) is 19.6 Å². The molecule has 0 radical (unpaired) electrons. The third-order valence-corrected chi connectivity index (χ3v) is 3.79. The molecule has 0 aliphatic carbocycles. The van der Waals surface area contributed by atoms with E-state index in [0.717, 1.165) is 19.7 Å². The lowest BCUT2D eigenvalue weighted by Gasteiger charge is -2.30. The normalized spacial score (nSPS) is 23.1. The van der Waals surface area contributed by atoms with E-state index in [2.05, 4.69) is 28.7 Å². The largest absolute Gasteiger partial charge is 0.374 e. The van der Waals surface area contributed by atoms with Crippen molar-refractivity contribution < 1.29 is 9.53 Å². The summed E-state index contributed by atoms with van der Waals surface area (Å²) in [4.78, 5) is 14.1. The number of likely N-dealkylation sites (N-methyl/N-ethyl adjacent to an activating group) is 1. The molecule has 6 nitrogen and oxygen atoms in total. The highest BCUT2D eigenvalue weighted by atomic mass is 16.5. The molecule has 1 amide bonds. The zero-order chi connectivity index (χ0) is 15.2. The zero-order valence-corrected chi connectivity index (χ0v) is 12.9. The molecule has 1 rings (SSSR count). The van der Waals surface area contributed by atoms with Crippen molar-refractivity contribution in [1.29, 1.82) is 5.26 Å². The average molecular weight is 282 g/mol. The van der Waals surface area contributed by atoms with Crippen LogP contribution < -0.4 is 10.6 Å². The number of ether oxygens (including phenoxy) is 1. The Kier molecular flexibility index (Phi) is 6.40. The minimum absolute atomic E-state index is 0.0618. The first-order valence-corrected chi connectivity index (χ1v) is 7.10. The summed E-state index contributed by atoms with van der Waals surface area (Å²) in [6, 6.07) is 2.16. The fourth-order valence-electron chi connectivity index (χ4n) is 1.97. The van der Waals surface area contributed by atoms with Crippen LogP contribution in [0.2, 0.25) is 0 Å². The molecule has 0 bridgehead atoms. The highest BCUT2D eigenvalue weighted by molar-refractivity contribution is 5.79. The van der Waals surface area contributed by atoms with Crippen LogP contribution in [0.4, 0.5) is 0 Å². The third-order valence-electron chi connectivity index (χ3n) is 3.79. The van der Waals surface area contributed by atoms with Crippen LogP contribution in [0.15, 0.2) is 0 Å². The highest BCUT2D eigenvalue weighted by Crippen LogP contribution is 2.14. The van der Waals surface area contributed by atoms with Crippen molar-refractivity contribution in [3.05, 3.63) is 0 Å². The van der Waals surface area contributed by atoms with Gasteiger partial charge in [0.05, 0.1) is 25.3 Å². The summed E-state index contributed by atoms with van der Waals surface area (Å²) in [6.45, 7) is 8.98. The van der Waals surface area contributed by atoms with Crippen LogP contribution in [0.25, 0.3) is 0 Å². The fraction of sp³-hybridized carbons (Fsp3) is 0.857. The second-order valence-corrected chi connectivity index (χ2v) is 5.90. The van der Waals surface area contributed by atoms with E-state index in [4.69, 9.17) is 10.00 Å². The molecular weight excluding hydrogens is 256 g/mol. The van der Waals surface area contributed by atoms with E-state index in [1.165, 1.54) is 0 Å². The Hall–Kier alpha value is -1.16. The number of carbonyl (C=O) groups is 1. The van der Waals surface area contributed by atoms with Crippen LogP contribution in [0.5, 0.6) is 0 Å². The fourth-order valence-corrected chi connectivity index (χ4v) is 1.97. The van der Waals surface area contributed by atoms with Gasteiger partial charge in [0.1, 0.15) is 5.54 Å². The van der Waals surface area contributed by atoms with Gasteiger partial charge in [-0.05, 0) is 19.9 Å². The highest BCUT2D eigenvalue weighted by Gasteiger charge is 2.29. The van der Waals surface area contributed by atoms with Crippen LogP contribution in [0.3, 0.4) is 0 Å². The number of hydrogen-bond acceptors (Lipinski definition) is 5. The zero-order valence-electron chi connectivity index (χ0n) is 12.9. The Balaban J connectivity index is 2.28. The van der Waals surface area contributed by atoms with E-state index in [9.17, 15) is 4.79 Å². The van der Waals surface area contributed by atoms with Gasteiger partial charge < -0.3 is 20.3 Å². The standard InChI is InChI=1S/C14H26N4O2/c1-11(2)14(3,10-15)17-13(19)8-16-7-12-9-18(4)5-6-20-12/h11-12,16H,5-9H2,1-4H3,(H,17,19)/t12-,14+/m0/s1. The molecule has 2 atom stereocenters. The second kappa shape index (κ2) is 7.58. The van der Waals surface area contributed by atoms with Crippen molar-refractivity contribution in [2.75, 3.05) is 39.8 Å². The van der Waals surface area contributed by atoms with Gasteiger partial charge in [-0.3, -0.25) is 4.79 Å². The average Bonchev–Trinajstić information content (AvgIpc) is 2.38. The van der Waals surface area contributed by atoms with Crippen LogP contribution in [-0.4, -0.2) is 62.3 Å². The summed E-state index contributed by atoms with van der Waals surface area (Å²) in [5.74, 6) is -0.0984. The quantitative estimate of drug-likeness (QED) is 0.715. The number of nitriles is 1. The summed E-state index contributed by atoms with van der Waals surface area (Å²) < 4.78 is 5.60. The molecule has 1 heterocycles. The Bertz CT molecular complexity index is 367. The summed E-state index contributed by atoms with van der Waals surface area (Å²) in [7, 11) is 2.06. The lowest BCUT2D eigenvalue weighted by Crippen LogP contribution is -2.52. The number of carbonyl (C=O) groups excluding carboxylic acids is 1. The lowest BCUT2D eigenvalue weighted by molar-refractivity contribution is -0.122. The van der Waals surface area contributed by atoms with E-state index in [1.807, 2.05) is 13.8 Å². The maximum absolute atomic E-state index is 11.9. The molecule has 0 spiro atoms. The smallest absolute Gasteiger partial charge is 0.235 e. The minimum Gasteiger partial charge on any atom is -0.374 e. The van der Waals surface area contributed by atoms with Crippen molar-refractivity contribution in [1.82, 2.24) is 15.5 Å². The van der Waals surface area contributed by atoms with Gasteiger partial charge in [0.25, 0.3) is 0 Å². The van der Waals surface area contributed by atoms with Gasteiger partial charge in [0.2, 0.25) is 5.91 Å². The summed E-state index contributed by atoms with van der Waals surface area (Å²) >= 11 is 0. The summed E-state index contributed by atoms with van der Waals surface area (Å²) in [5, 5.41) is 15.0. The van der Waals surface area contributed by atoms with Crippen molar-refractivity contribution >= 4 is 5.91 Å². The topological polar surface area (TPSA) is 77.4 Å². The number of nitrogens with one attached hydrogen (secondary N) is 2. The molecule has 1 fully saturated rings. The molecule has 0 aromatic rings. The first-order chi connectivity index (χ1) is 9.37. The molecule has 0 saturated carbocycles. The molecule has 1 aliphatic rings. The van der Waals surface area contributed by atoms with Crippen molar-refractivity contribution in [3.63, 3.8) is 0 Å². The maximum atomic E-state index is 11.9. The SMILES string of the molecule is CC(C)[C@@](C)(C#N)NC(=O)CNC[C@H]1CN(C)CCO1. The van der Waals surface area contributed by atoms with Gasteiger partial charge in [-0.25, -0.2) is 0 Å². The van der Waals surface area contributed by atoms with Crippen molar-refractivity contribution in [2.24, 2.45) is 5.92 Å². The molecule has 6 heteroatoms. The molecule has 2 N–H and O–H groups in total. The van der Waals surface area contributed by atoms with E-state index >= 15 is 0 Å². The van der Waals surface area contributed by atoms with Gasteiger partial charge >= 0.3 is 0 Å². The number of hydrogen-bond donors (Lipinski definition) is 2. The Morgan fingerprint density at radius 2 is 2.30 bits per heavy atom. The Morgan fingerprint density at radius 3 is 2.85 bits per heavy atom. The number of nitrogens with zero attached hydrogens (tertiary/aromatic N) is 2. The molecular formula is C14H26N4O2. The molecule has 0 aromatic carbocycles. The number of rotatable bonds is 6. The maximum Gasteiger partial charge on any atom is 0.235 e. The molecule has 1 aliphatic heterocycles. The molecule has 1 saturated heterocycles. The van der Waals surface area contributed by atoms with Crippen molar-refractivity contribution in [3.8, 4) is 6.07 Å². The predicted molar refractivity (Wildman–Crippen MR) is 77.1 cm³/mol. The summed E-state index contributed by atoms with van der Waals surface area (Å²) in [6.07, 6.45) is 0.119. The Labute approximate surface area is 121 Å². The van der Waals surface area contributed by atoms with Crippen LogP contribution >= 0.6 is 0 Å². The van der Waals surface area contributed by atoms with E-state index < -0.39 is 5.54 Å². The number of morpholine rings is 1. The number of amides is 1. The molecule has 114 valence electrons. The molecule has 0 aromatic heterocycles. The van der Waals surface area contributed by atoms with Gasteiger partial charge in [-0.1, -0.05) is 13.8 Å². The minimum atomic E-state index is -0.819. The summed E-state index contributed by atoms with van der Waals surface area (Å²) in [5.41, 5.74) is -0.819. The second-order valence-electron chi connectivity index (χ2n) is 5.90. The van der Waals surface area contributed by atoms with Crippen LogP contribution in [0, 0.1) is 17.2 Å². The van der Waals surface area contributed by atoms with E-state index in [-0.39, 0.29) is 24.5 Å². The first kappa shape index (κ1) is 16.9. The molecule has 20 heavy (non-hydrogen) atoms. The van der Waals surface area contributed by atoms with Crippen LogP contribution in [0.1, 0.15) is 20.8 Å². The molecule has 0 unspecified atom stereocenters. The predicted octanol–water partition coefficient (Wildman–Crippen LogP) is -0.0389. The van der Waals surface area contributed by atoms with E-state index in [0.29, 0.717) is 6.54 Å².